The van der Waals surface area contributed by atoms with E-state index in [1.54, 1.807) is 0 Å². The molecule has 4 heterocycles. The standard InChI is InChI=1S/C18H22N8/c1-12-20-17-14(11-19-24(17)2)18(21-12)26-8-6-25(7-9-26)16-10-13-4-3-5-15(13)22-23-16/h10-11H,3-9H2,1-2H3. The first-order valence-electron chi connectivity index (χ1n) is 9.21. The Hall–Kier alpha value is -2.77. The van der Waals surface area contributed by atoms with Gasteiger partial charge in [-0.1, -0.05) is 0 Å². The van der Waals surface area contributed by atoms with Gasteiger partial charge >= 0.3 is 0 Å². The summed E-state index contributed by atoms with van der Waals surface area (Å²) >= 11 is 0. The average molecular weight is 350 g/mol. The van der Waals surface area contributed by atoms with Gasteiger partial charge < -0.3 is 9.80 Å². The zero-order valence-corrected chi connectivity index (χ0v) is 15.2. The lowest BCUT2D eigenvalue weighted by atomic mass is 10.2. The van der Waals surface area contributed by atoms with Crippen LogP contribution >= 0.6 is 0 Å². The van der Waals surface area contributed by atoms with E-state index < -0.39 is 0 Å². The topological polar surface area (TPSA) is 75.9 Å². The fraction of sp³-hybridized carbons (Fsp3) is 0.500. The molecule has 0 unspecified atom stereocenters. The van der Waals surface area contributed by atoms with Crippen molar-refractivity contribution in [3.63, 3.8) is 0 Å². The second kappa shape index (κ2) is 5.89. The van der Waals surface area contributed by atoms with Crippen molar-refractivity contribution in [2.45, 2.75) is 26.2 Å². The number of piperazine rings is 1. The van der Waals surface area contributed by atoms with Crippen molar-refractivity contribution in [2.24, 2.45) is 7.05 Å². The summed E-state index contributed by atoms with van der Waals surface area (Å²) < 4.78 is 1.81. The minimum absolute atomic E-state index is 0.781. The molecule has 0 N–H and O–H groups in total. The highest BCUT2D eigenvalue weighted by molar-refractivity contribution is 5.87. The number of fused-ring (bicyclic) bond motifs is 2. The molecular formula is C18H22N8. The Balaban J connectivity index is 1.38. The van der Waals surface area contributed by atoms with Gasteiger partial charge in [0.25, 0.3) is 0 Å². The average Bonchev–Trinajstić information content (AvgIpc) is 3.28. The Morgan fingerprint density at radius 2 is 1.77 bits per heavy atom. The van der Waals surface area contributed by atoms with Crippen LogP contribution in [-0.4, -0.2) is 56.1 Å². The van der Waals surface area contributed by atoms with Crippen LogP contribution in [0.15, 0.2) is 12.3 Å². The van der Waals surface area contributed by atoms with Gasteiger partial charge in [-0.3, -0.25) is 4.68 Å². The molecule has 3 aromatic heterocycles. The van der Waals surface area contributed by atoms with E-state index in [1.165, 1.54) is 17.7 Å². The Labute approximate surface area is 151 Å². The zero-order valence-electron chi connectivity index (χ0n) is 15.2. The molecule has 0 bridgehead atoms. The van der Waals surface area contributed by atoms with E-state index in [1.807, 2.05) is 24.9 Å². The van der Waals surface area contributed by atoms with Gasteiger partial charge in [0.2, 0.25) is 0 Å². The van der Waals surface area contributed by atoms with Crippen molar-refractivity contribution < 1.29 is 0 Å². The lowest BCUT2D eigenvalue weighted by Gasteiger charge is -2.36. The van der Waals surface area contributed by atoms with E-state index in [0.717, 1.165) is 67.5 Å². The molecule has 0 atom stereocenters. The number of aromatic nitrogens is 6. The van der Waals surface area contributed by atoms with Crippen LogP contribution in [0.4, 0.5) is 11.6 Å². The van der Waals surface area contributed by atoms with E-state index in [-0.39, 0.29) is 0 Å². The molecule has 8 nitrogen and oxygen atoms in total. The summed E-state index contributed by atoms with van der Waals surface area (Å²) in [5.41, 5.74) is 3.45. The van der Waals surface area contributed by atoms with Crippen molar-refractivity contribution in [1.82, 2.24) is 29.9 Å². The Kier molecular flexibility index (Phi) is 3.51. The minimum Gasteiger partial charge on any atom is -0.352 e. The molecule has 1 aliphatic heterocycles. The second-order valence-electron chi connectivity index (χ2n) is 7.10. The first kappa shape index (κ1) is 15.5. The fourth-order valence-electron chi connectivity index (χ4n) is 3.97. The number of rotatable bonds is 2. The highest BCUT2D eigenvalue weighted by Crippen LogP contribution is 2.27. The third-order valence-electron chi connectivity index (χ3n) is 5.39. The normalized spacial score (nSPS) is 17.2. The monoisotopic (exact) mass is 350 g/mol. The second-order valence-corrected chi connectivity index (χ2v) is 7.10. The van der Waals surface area contributed by atoms with Gasteiger partial charge in [-0.2, -0.15) is 10.2 Å². The largest absolute Gasteiger partial charge is 0.352 e. The van der Waals surface area contributed by atoms with E-state index in [4.69, 9.17) is 4.98 Å². The Bertz CT molecular complexity index is 971. The van der Waals surface area contributed by atoms with E-state index in [2.05, 4.69) is 36.1 Å². The summed E-state index contributed by atoms with van der Waals surface area (Å²) in [7, 11) is 1.92. The van der Waals surface area contributed by atoms with Crippen LogP contribution in [0.5, 0.6) is 0 Å². The molecule has 0 amide bonds. The highest BCUT2D eigenvalue weighted by Gasteiger charge is 2.24. The molecule has 1 fully saturated rings. The molecule has 134 valence electrons. The van der Waals surface area contributed by atoms with Crippen molar-refractivity contribution in [3.8, 4) is 0 Å². The maximum atomic E-state index is 4.70. The smallest absolute Gasteiger partial charge is 0.163 e. The maximum Gasteiger partial charge on any atom is 0.163 e. The molecule has 26 heavy (non-hydrogen) atoms. The molecule has 8 heteroatoms. The molecule has 1 saturated heterocycles. The molecule has 5 rings (SSSR count). The summed E-state index contributed by atoms with van der Waals surface area (Å²) in [4.78, 5) is 13.9. The summed E-state index contributed by atoms with van der Waals surface area (Å²) in [5.74, 6) is 2.78. The first-order valence-corrected chi connectivity index (χ1v) is 9.21. The van der Waals surface area contributed by atoms with E-state index in [0.29, 0.717) is 0 Å². The highest BCUT2D eigenvalue weighted by atomic mass is 15.3. The van der Waals surface area contributed by atoms with Crippen molar-refractivity contribution >= 4 is 22.7 Å². The van der Waals surface area contributed by atoms with Crippen LogP contribution in [0.25, 0.3) is 11.0 Å². The molecule has 3 aromatic rings. The van der Waals surface area contributed by atoms with Gasteiger partial charge in [-0.05, 0) is 37.8 Å². The van der Waals surface area contributed by atoms with Crippen LogP contribution in [0.2, 0.25) is 0 Å². The summed E-state index contributed by atoms with van der Waals surface area (Å²) in [6.07, 6.45) is 5.28. The zero-order chi connectivity index (χ0) is 17.7. The van der Waals surface area contributed by atoms with Crippen LogP contribution in [-0.2, 0) is 19.9 Å². The molecule has 0 radical (unpaired) electrons. The van der Waals surface area contributed by atoms with Gasteiger partial charge in [-0.15, -0.1) is 5.10 Å². The number of hydrogen-bond donors (Lipinski definition) is 0. The lowest BCUT2D eigenvalue weighted by molar-refractivity contribution is 0.637. The van der Waals surface area contributed by atoms with Crippen LogP contribution in [0, 0.1) is 6.92 Å². The molecule has 2 aliphatic rings. The molecule has 0 saturated carbocycles. The predicted octanol–water partition coefficient (Wildman–Crippen LogP) is 1.28. The van der Waals surface area contributed by atoms with Gasteiger partial charge in [0.05, 0.1) is 17.3 Å². The summed E-state index contributed by atoms with van der Waals surface area (Å²) in [6, 6.07) is 2.24. The van der Waals surface area contributed by atoms with Crippen LogP contribution < -0.4 is 9.80 Å². The van der Waals surface area contributed by atoms with E-state index in [9.17, 15) is 0 Å². The van der Waals surface area contributed by atoms with E-state index >= 15 is 0 Å². The van der Waals surface area contributed by atoms with Crippen molar-refractivity contribution in [3.05, 3.63) is 29.3 Å². The third kappa shape index (κ3) is 2.48. The predicted molar refractivity (Wildman–Crippen MR) is 99.5 cm³/mol. The first-order chi connectivity index (χ1) is 12.7. The summed E-state index contributed by atoms with van der Waals surface area (Å²) in [5, 5.41) is 14.3. The number of anilines is 2. The number of nitrogens with zero attached hydrogens (tertiary/aromatic N) is 8. The number of hydrogen-bond acceptors (Lipinski definition) is 7. The SMILES string of the molecule is Cc1nc(N2CCN(c3cc4c(nn3)CCC4)CC2)c2cnn(C)c2n1. The Morgan fingerprint density at radius 1 is 0.962 bits per heavy atom. The van der Waals surface area contributed by atoms with Crippen LogP contribution in [0.3, 0.4) is 0 Å². The van der Waals surface area contributed by atoms with Crippen LogP contribution in [0.1, 0.15) is 23.5 Å². The molecule has 0 spiro atoms. The van der Waals surface area contributed by atoms with Gasteiger partial charge in [0.15, 0.2) is 11.5 Å². The number of aryl methyl sites for hydroxylation is 4. The van der Waals surface area contributed by atoms with Crippen molar-refractivity contribution in [2.75, 3.05) is 36.0 Å². The van der Waals surface area contributed by atoms with Crippen molar-refractivity contribution in [1.29, 1.82) is 0 Å². The fourth-order valence-corrected chi connectivity index (χ4v) is 3.97. The summed E-state index contributed by atoms with van der Waals surface area (Å²) in [6.45, 7) is 5.57. The molecule has 1 aliphatic carbocycles. The minimum atomic E-state index is 0.781. The van der Waals surface area contributed by atoms with Gasteiger partial charge in [0.1, 0.15) is 11.6 Å². The lowest BCUT2D eigenvalue weighted by Crippen LogP contribution is -2.47. The quantitative estimate of drug-likeness (QED) is 0.689. The Morgan fingerprint density at radius 3 is 2.62 bits per heavy atom. The molecule has 0 aromatic carbocycles. The molecular weight excluding hydrogens is 328 g/mol. The third-order valence-corrected chi connectivity index (χ3v) is 5.39. The van der Waals surface area contributed by atoms with Gasteiger partial charge in [-0.25, -0.2) is 9.97 Å². The maximum absolute atomic E-state index is 4.70. The van der Waals surface area contributed by atoms with Gasteiger partial charge in [0, 0.05) is 33.2 Å².